The summed E-state index contributed by atoms with van der Waals surface area (Å²) >= 11 is 1.88. The molecule has 2 saturated heterocycles. The molecule has 4 rings (SSSR count). The van der Waals surface area contributed by atoms with Crippen LogP contribution in [0.1, 0.15) is 22.3 Å². The number of ether oxygens (including phenoxy) is 2. The number of rotatable bonds is 6. The molecule has 2 aromatic heterocycles. The van der Waals surface area contributed by atoms with Gasteiger partial charge in [0.25, 0.3) is 5.91 Å². The van der Waals surface area contributed by atoms with Gasteiger partial charge in [-0.25, -0.2) is 9.97 Å². The number of carbonyl (C=O) groups is 1. The number of amides is 1. The lowest BCUT2D eigenvalue weighted by molar-refractivity contribution is 0.0949. The summed E-state index contributed by atoms with van der Waals surface area (Å²) < 4.78 is 11.2. The Morgan fingerprint density at radius 2 is 2.18 bits per heavy atom. The molecule has 1 N–H and O–H groups in total. The van der Waals surface area contributed by atoms with Crippen LogP contribution in [0.3, 0.4) is 0 Å². The number of thioether (sulfide) groups is 1. The minimum Gasteiger partial charge on any atom is -0.473 e. The van der Waals surface area contributed by atoms with Crippen LogP contribution in [-0.2, 0) is 11.3 Å². The van der Waals surface area contributed by atoms with Gasteiger partial charge in [0.05, 0.1) is 13.2 Å². The first-order chi connectivity index (χ1) is 13.8. The van der Waals surface area contributed by atoms with E-state index in [4.69, 9.17) is 9.47 Å². The summed E-state index contributed by atoms with van der Waals surface area (Å²) in [7, 11) is 0. The predicted octanol–water partition coefficient (Wildman–Crippen LogP) is 2.13. The molecular formula is C20H24N4O3S. The fraction of sp³-hybridized carbons (Fsp3) is 0.450. The lowest BCUT2D eigenvalue weighted by Crippen LogP contribution is -2.36. The molecule has 2 fully saturated rings. The van der Waals surface area contributed by atoms with Gasteiger partial charge in [0, 0.05) is 49.4 Å². The Bertz CT molecular complexity index is 790. The van der Waals surface area contributed by atoms with Crippen molar-refractivity contribution in [3.05, 3.63) is 47.8 Å². The zero-order valence-corrected chi connectivity index (χ0v) is 16.5. The van der Waals surface area contributed by atoms with E-state index in [1.54, 1.807) is 18.3 Å². The second-order valence-electron chi connectivity index (χ2n) is 6.79. The lowest BCUT2D eigenvalue weighted by Gasteiger charge is -2.27. The van der Waals surface area contributed by atoms with Gasteiger partial charge >= 0.3 is 0 Å². The molecule has 28 heavy (non-hydrogen) atoms. The molecule has 7 nitrogen and oxygen atoms in total. The number of carbonyl (C=O) groups excluding carboxylic acids is 1. The van der Waals surface area contributed by atoms with Crippen molar-refractivity contribution in [3.8, 4) is 5.88 Å². The van der Waals surface area contributed by atoms with Crippen LogP contribution in [0.4, 0.5) is 5.82 Å². The molecule has 4 heterocycles. The standard InChI is InChI=1S/C20H24N4O3S/c25-20(16-3-5-21-19(11-16)27-17-4-10-28-14-17)23-13-15-1-2-18(22-12-15)24-6-8-26-9-7-24/h1-3,5,11-12,17H,4,6-10,13-14H2,(H,23,25). The largest absolute Gasteiger partial charge is 0.473 e. The van der Waals surface area contributed by atoms with Crippen molar-refractivity contribution < 1.29 is 14.3 Å². The fourth-order valence-corrected chi connectivity index (χ4v) is 4.27. The van der Waals surface area contributed by atoms with Crippen LogP contribution >= 0.6 is 11.8 Å². The summed E-state index contributed by atoms with van der Waals surface area (Å²) in [6, 6.07) is 7.39. The Kier molecular flexibility index (Phi) is 6.28. The summed E-state index contributed by atoms with van der Waals surface area (Å²) in [5, 5.41) is 2.94. The number of nitrogens with zero attached hydrogens (tertiary/aromatic N) is 3. The summed E-state index contributed by atoms with van der Waals surface area (Å²) in [4.78, 5) is 23.4. The molecule has 0 aromatic carbocycles. The van der Waals surface area contributed by atoms with E-state index in [1.807, 2.05) is 30.1 Å². The maximum Gasteiger partial charge on any atom is 0.251 e. The second kappa shape index (κ2) is 9.25. The molecule has 0 radical (unpaired) electrons. The molecule has 1 unspecified atom stereocenters. The van der Waals surface area contributed by atoms with Gasteiger partial charge in [0.2, 0.25) is 5.88 Å². The quantitative estimate of drug-likeness (QED) is 0.796. The minimum absolute atomic E-state index is 0.148. The first-order valence-electron chi connectivity index (χ1n) is 9.54. The third kappa shape index (κ3) is 4.94. The van der Waals surface area contributed by atoms with E-state index in [2.05, 4.69) is 20.2 Å². The van der Waals surface area contributed by atoms with Crippen molar-refractivity contribution in [1.29, 1.82) is 0 Å². The van der Waals surface area contributed by atoms with Crippen molar-refractivity contribution in [3.63, 3.8) is 0 Å². The van der Waals surface area contributed by atoms with E-state index >= 15 is 0 Å². The molecule has 1 amide bonds. The zero-order valence-electron chi connectivity index (χ0n) is 15.7. The van der Waals surface area contributed by atoms with Crippen molar-refractivity contribution in [2.45, 2.75) is 19.1 Å². The molecule has 2 aromatic rings. The lowest BCUT2D eigenvalue weighted by atomic mass is 10.2. The van der Waals surface area contributed by atoms with Gasteiger partial charge < -0.3 is 19.7 Å². The maximum atomic E-state index is 12.5. The molecule has 2 aliphatic rings. The third-order valence-corrected chi connectivity index (χ3v) is 5.90. The number of morpholine rings is 1. The monoisotopic (exact) mass is 400 g/mol. The van der Waals surface area contributed by atoms with Gasteiger partial charge in [-0.3, -0.25) is 4.79 Å². The molecule has 0 saturated carbocycles. The van der Waals surface area contributed by atoms with Gasteiger partial charge in [0.15, 0.2) is 0 Å². The maximum absolute atomic E-state index is 12.5. The van der Waals surface area contributed by atoms with Crippen LogP contribution in [0.5, 0.6) is 5.88 Å². The van der Waals surface area contributed by atoms with Crippen LogP contribution in [0, 0.1) is 0 Å². The van der Waals surface area contributed by atoms with Gasteiger partial charge in [-0.15, -0.1) is 0 Å². The molecule has 0 bridgehead atoms. The van der Waals surface area contributed by atoms with Crippen molar-refractivity contribution in [2.24, 2.45) is 0 Å². The topological polar surface area (TPSA) is 76.6 Å². The minimum atomic E-state index is -0.148. The molecule has 1 atom stereocenters. The number of pyridine rings is 2. The average molecular weight is 401 g/mol. The van der Waals surface area contributed by atoms with Crippen molar-refractivity contribution in [1.82, 2.24) is 15.3 Å². The summed E-state index contributed by atoms with van der Waals surface area (Å²) in [6.07, 6.45) is 4.64. The van der Waals surface area contributed by atoms with Crippen LogP contribution in [-0.4, -0.2) is 59.8 Å². The Balaban J connectivity index is 1.31. The van der Waals surface area contributed by atoms with Crippen LogP contribution in [0.15, 0.2) is 36.7 Å². The zero-order chi connectivity index (χ0) is 19.2. The molecule has 148 valence electrons. The average Bonchev–Trinajstić information content (AvgIpc) is 3.26. The van der Waals surface area contributed by atoms with E-state index in [0.717, 1.165) is 55.6 Å². The van der Waals surface area contributed by atoms with Gasteiger partial charge in [-0.1, -0.05) is 6.07 Å². The van der Waals surface area contributed by atoms with E-state index in [9.17, 15) is 4.79 Å². The number of nitrogens with one attached hydrogen (secondary N) is 1. The van der Waals surface area contributed by atoms with E-state index in [-0.39, 0.29) is 12.0 Å². The predicted molar refractivity (Wildman–Crippen MR) is 109 cm³/mol. The highest BCUT2D eigenvalue weighted by Gasteiger charge is 2.18. The highest BCUT2D eigenvalue weighted by Crippen LogP contribution is 2.22. The van der Waals surface area contributed by atoms with Crippen LogP contribution < -0.4 is 15.0 Å². The van der Waals surface area contributed by atoms with Gasteiger partial charge in [-0.2, -0.15) is 11.8 Å². The summed E-state index contributed by atoms with van der Waals surface area (Å²) in [6.45, 7) is 3.60. The number of hydrogen-bond acceptors (Lipinski definition) is 7. The Morgan fingerprint density at radius 1 is 1.29 bits per heavy atom. The van der Waals surface area contributed by atoms with E-state index in [0.29, 0.717) is 18.0 Å². The third-order valence-electron chi connectivity index (χ3n) is 4.77. The Morgan fingerprint density at radius 3 is 2.93 bits per heavy atom. The highest BCUT2D eigenvalue weighted by molar-refractivity contribution is 7.99. The smallest absolute Gasteiger partial charge is 0.251 e. The molecule has 2 aliphatic heterocycles. The highest BCUT2D eigenvalue weighted by atomic mass is 32.2. The van der Waals surface area contributed by atoms with Gasteiger partial charge in [-0.05, 0) is 29.9 Å². The first-order valence-corrected chi connectivity index (χ1v) is 10.7. The van der Waals surface area contributed by atoms with E-state index in [1.165, 1.54) is 0 Å². The normalized spacial score (nSPS) is 19.4. The van der Waals surface area contributed by atoms with Crippen LogP contribution in [0.2, 0.25) is 0 Å². The Hall–Kier alpha value is -2.32. The molecule has 0 aliphatic carbocycles. The molecule has 0 spiro atoms. The van der Waals surface area contributed by atoms with Crippen molar-refractivity contribution in [2.75, 3.05) is 42.7 Å². The second-order valence-corrected chi connectivity index (χ2v) is 7.94. The molecule has 8 heteroatoms. The fourth-order valence-electron chi connectivity index (χ4n) is 3.18. The van der Waals surface area contributed by atoms with Crippen LogP contribution in [0.25, 0.3) is 0 Å². The number of hydrogen-bond donors (Lipinski definition) is 1. The van der Waals surface area contributed by atoms with E-state index < -0.39 is 0 Å². The summed E-state index contributed by atoms with van der Waals surface area (Å²) in [5.41, 5.74) is 1.51. The van der Waals surface area contributed by atoms with Gasteiger partial charge in [0.1, 0.15) is 11.9 Å². The summed E-state index contributed by atoms with van der Waals surface area (Å²) in [5.74, 6) is 3.40. The SMILES string of the molecule is O=C(NCc1ccc(N2CCOCC2)nc1)c1ccnc(OC2CCSC2)c1. The Labute approximate surface area is 168 Å². The number of anilines is 1. The number of aromatic nitrogens is 2. The van der Waals surface area contributed by atoms with Crippen molar-refractivity contribution >= 4 is 23.5 Å². The first kappa shape index (κ1) is 19.0. The molecular weight excluding hydrogens is 376 g/mol.